The third kappa shape index (κ3) is 3.93. The maximum atomic E-state index is 12.3. The van der Waals surface area contributed by atoms with Crippen molar-refractivity contribution in [2.75, 3.05) is 33.2 Å². The van der Waals surface area contributed by atoms with E-state index in [1.54, 1.807) is 7.05 Å². The van der Waals surface area contributed by atoms with E-state index in [-0.39, 0.29) is 17.9 Å². The molecule has 3 N–H and O–H groups in total. The summed E-state index contributed by atoms with van der Waals surface area (Å²) in [4.78, 5) is 25.8. The summed E-state index contributed by atoms with van der Waals surface area (Å²) in [6.07, 6.45) is 4.64. The minimum Gasteiger partial charge on any atom is -0.359 e. The molecule has 0 aromatic rings. The van der Waals surface area contributed by atoms with Crippen molar-refractivity contribution in [2.45, 2.75) is 44.2 Å². The first kappa shape index (κ1) is 15.3. The third-order valence-corrected chi connectivity index (χ3v) is 4.30. The van der Waals surface area contributed by atoms with Gasteiger partial charge in [-0.25, -0.2) is 0 Å². The van der Waals surface area contributed by atoms with Crippen molar-refractivity contribution < 1.29 is 9.59 Å². The highest BCUT2D eigenvalue weighted by molar-refractivity contribution is 5.83. The standard InChI is InChI=1S/C14H26N4O2/c1-15-13(19)6-9-17-14(20)12-3-2-10-18(12)11-4-7-16-8-5-11/h11-12,16H,2-10H2,1H3,(H,15,19)(H,17,20). The molecule has 2 aliphatic heterocycles. The Hall–Kier alpha value is -1.14. The van der Waals surface area contributed by atoms with E-state index in [2.05, 4.69) is 20.9 Å². The SMILES string of the molecule is CNC(=O)CCNC(=O)C1CCCN1C1CCNCC1. The van der Waals surface area contributed by atoms with Gasteiger partial charge in [-0.3, -0.25) is 14.5 Å². The Morgan fingerprint density at radius 1 is 1.25 bits per heavy atom. The van der Waals surface area contributed by atoms with E-state index in [9.17, 15) is 9.59 Å². The molecule has 6 heteroatoms. The molecule has 0 saturated carbocycles. The van der Waals surface area contributed by atoms with Crippen LogP contribution < -0.4 is 16.0 Å². The summed E-state index contributed by atoms with van der Waals surface area (Å²) >= 11 is 0. The molecule has 0 aromatic carbocycles. The van der Waals surface area contributed by atoms with Crippen LogP contribution in [0.2, 0.25) is 0 Å². The maximum absolute atomic E-state index is 12.3. The van der Waals surface area contributed by atoms with Gasteiger partial charge in [0.15, 0.2) is 0 Å². The van der Waals surface area contributed by atoms with E-state index in [4.69, 9.17) is 0 Å². The summed E-state index contributed by atoms with van der Waals surface area (Å²) in [6.45, 7) is 3.55. The number of amides is 2. The molecule has 1 unspecified atom stereocenters. The first-order chi connectivity index (χ1) is 9.72. The fourth-order valence-corrected chi connectivity index (χ4v) is 3.19. The minimum absolute atomic E-state index is 0.00258. The number of hydrogen-bond acceptors (Lipinski definition) is 4. The first-order valence-corrected chi connectivity index (χ1v) is 7.67. The zero-order chi connectivity index (χ0) is 14.4. The predicted octanol–water partition coefficient (Wildman–Crippen LogP) is -0.545. The Morgan fingerprint density at radius 2 is 2.00 bits per heavy atom. The number of carbonyl (C=O) groups excluding carboxylic acids is 2. The number of nitrogens with one attached hydrogen (secondary N) is 3. The normalized spacial score (nSPS) is 24.6. The van der Waals surface area contributed by atoms with E-state index in [1.165, 1.54) is 0 Å². The molecule has 0 spiro atoms. The van der Waals surface area contributed by atoms with E-state index < -0.39 is 0 Å². The lowest BCUT2D eigenvalue weighted by molar-refractivity contribution is -0.126. The molecule has 2 saturated heterocycles. The number of rotatable bonds is 5. The van der Waals surface area contributed by atoms with Crippen LogP contribution in [0.15, 0.2) is 0 Å². The second-order valence-corrected chi connectivity index (χ2v) is 5.59. The molecule has 0 radical (unpaired) electrons. The average molecular weight is 282 g/mol. The maximum Gasteiger partial charge on any atom is 0.237 e. The number of likely N-dealkylation sites (tertiary alicyclic amines) is 1. The highest BCUT2D eigenvalue weighted by Gasteiger charge is 2.35. The quantitative estimate of drug-likeness (QED) is 0.633. The van der Waals surface area contributed by atoms with Crippen molar-refractivity contribution in [3.8, 4) is 0 Å². The van der Waals surface area contributed by atoms with Gasteiger partial charge in [-0.15, -0.1) is 0 Å². The van der Waals surface area contributed by atoms with Crippen LogP contribution in [0.4, 0.5) is 0 Å². The smallest absolute Gasteiger partial charge is 0.237 e. The second kappa shape index (κ2) is 7.59. The number of piperidine rings is 1. The molecule has 1 atom stereocenters. The summed E-state index contributed by atoms with van der Waals surface area (Å²) in [5.74, 6) is 0.0527. The topological polar surface area (TPSA) is 73.5 Å². The number of nitrogens with zero attached hydrogens (tertiary/aromatic N) is 1. The monoisotopic (exact) mass is 282 g/mol. The molecular weight excluding hydrogens is 256 g/mol. The molecule has 2 rings (SSSR count). The summed E-state index contributed by atoms with van der Waals surface area (Å²) < 4.78 is 0. The van der Waals surface area contributed by atoms with Gasteiger partial charge in [0.25, 0.3) is 0 Å². The number of hydrogen-bond donors (Lipinski definition) is 3. The summed E-state index contributed by atoms with van der Waals surface area (Å²) in [6, 6.07) is 0.538. The van der Waals surface area contributed by atoms with Crippen LogP contribution in [0.25, 0.3) is 0 Å². The van der Waals surface area contributed by atoms with Crippen molar-refractivity contribution >= 4 is 11.8 Å². The third-order valence-electron chi connectivity index (χ3n) is 4.30. The van der Waals surface area contributed by atoms with Crippen LogP contribution in [0.1, 0.15) is 32.1 Å². The van der Waals surface area contributed by atoms with Crippen molar-refractivity contribution in [3.05, 3.63) is 0 Å². The molecule has 2 aliphatic rings. The van der Waals surface area contributed by atoms with Crippen molar-refractivity contribution in [1.82, 2.24) is 20.9 Å². The summed E-state index contributed by atoms with van der Waals surface area (Å²) in [7, 11) is 1.61. The largest absolute Gasteiger partial charge is 0.359 e. The first-order valence-electron chi connectivity index (χ1n) is 7.67. The van der Waals surface area contributed by atoms with E-state index in [0.717, 1.165) is 45.3 Å². The van der Waals surface area contributed by atoms with E-state index >= 15 is 0 Å². The van der Waals surface area contributed by atoms with Crippen LogP contribution in [0.3, 0.4) is 0 Å². The van der Waals surface area contributed by atoms with E-state index in [0.29, 0.717) is 19.0 Å². The summed E-state index contributed by atoms with van der Waals surface area (Å²) in [5.41, 5.74) is 0. The lowest BCUT2D eigenvalue weighted by Crippen LogP contribution is -2.51. The van der Waals surface area contributed by atoms with Gasteiger partial charge in [0, 0.05) is 26.1 Å². The molecule has 0 bridgehead atoms. The Kier molecular flexibility index (Phi) is 5.79. The van der Waals surface area contributed by atoms with Crippen LogP contribution >= 0.6 is 0 Å². The molecule has 6 nitrogen and oxygen atoms in total. The zero-order valence-electron chi connectivity index (χ0n) is 12.3. The van der Waals surface area contributed by atoms with Gasteiger partial charge < -0.3 is 16.0 Å². The van der Waals surface area contributed by atoms with Gasteiger partial charge in [0.2, 0.25) is 11.8 Å². The predicted molar refractivity (Wildman–Crippen MR) is 77.3 cm³/mol. The fraction of sp³-hybridized carbons (Fsp3) is 0.857. The molecule has 2 fully saturated rings. The molecule has 0 aliphatic carbocycles. The molecule has 114 valence electrons. The van der Waals surface area contributed by atoms with Crippen LogP contribution in [0.5, 0.6) is 0 Å². The highest BCUT2D eigenvalue weighted by atomic mass is 16.2. The van der Waals surface area contributed by atoms with Crippen LogP contribution in [-0.2, 0) is 9.59 Å². The van der Waals surface area contributed by atoms with Gasteiger partial charge in [-0.1, -0.05) is 0 Å². The van der Waals surface area contributed by atoms with Gasteiger partial charge in [-0.2, -0.15) is 0 Å². The Bertz CT molecular complexity index is 342. The minimum atomic E-state index is -0.0352. The zero-order valence-corrected chi connectivity index (χ0v) is 12.3. The van der Waals surface area contributed by atoms with Gasteiger partial charge in [0.05, 0.1) is 6.04 Å². The fourth-order valence-electron chi connectivity index (χ4n) is 3.19. The lowest BCUT2D eigenvalue weighted by Gasteiger charge is -2.35. The van der Waals surface area contributed by atoms with Crippen molar-refractivity contribution in [1.29, 1.82) is 0 Å². The van der Waals surface area contributed by atoms with Crippen LogP contribution in [-0.4, -0.2) is 62.0 Å². The molecule has 2 amide bonds. The lowest BCUT2D eigenvalue weighted by atomic mass is 10.0. The van der Waals surface area contributed by atoms with E-state index in [1.807, 2.05) is 0 Å². The Labute approximate surface area is 120 Å². The van der Waals surface area contributed by atoms with Crippen LogP contribution in [0, 0.1) is 0 Å². The molecule has 20 heavy (non-hydrogen) atoms. The second-order valence-electron chi connectivity index (χ2n) is 5.59. The molecule has 0 aromatic heterocycles. The highest BCUT2D eigenvalue weighted by Crippen LogP contribution is 2.24. The number of carbonyl (C=O) groups is 2. The van der Waals surface area contributed by atoms with Gasteiger partial charge >= 0.3 is 0 Å². The summed E-state index contributed by atoms with van der Waals surface area (Å²) in [5, 5.41) is 8.83. The Balaban J connectivity index is 1.80. The van der Waals surface area contributed by atoms with Gasteiger partial charge in [-0.05, 0) is 45.3 Å². The average Bonchev–Trinajstić information content (AvgIpc) is 2.97. The van der Waals surface area contributed by atoms with Crippen molar-refractivity contribution in [2.24, 2.45) is 0 Å². The molecular formula is C14H26N4O2. The Morgan fingerprint density at radius 3 is 2.70 bits per heavy atom. The van der Waals surface area contributed by atoms with Crippen molar-refractivity contribution in [3.63, 3.8) is 0 Å². The molecule has 2 heterocycles. The van der Waals surface area contributed by atoms with Gasteiger partial charge in [0.1, 0.15) is 0 Å².